The van der Waals surface area contributed by atoms with Gasteiger partial charge in [-0.2, -0.15) is 5.10 Å². The molecule has 9 heteroatoms. The first kappa shape index (κ1) is 20.2. The van der Waals surface area contributed by atoms with E-state index in [1.54, 1.807) is 29.2 Å². The number of nitrogens with zero attached hydrogens (tertiary/aromatic N) is 3. The zero-order valence-corrected chi connectivity index (χ0v) is 18.1. The van der Waals surface area contributed by atoms with E-state index in [2.05, 4.69) is 36.5 Å². The maximum absolute atomic E-state index is 13.1. The Bertz CT molecular complexity index is 1190. The van der Waals surface area contributed by atoms with Gasteiger partial charge < -0.3 is 10.2 Å². The van der Waals surface area contributed by atoms with Crippen LogP contribution in [-0.2, 0) is 13.2 Å². The number of hydrogen-bond donors (Lipinski definition) is 2. The van der Waals surface area contributed by atoms with Crippen molar-refractivity contribution >= 4 is 28.1 Å². The molecular weight excluding hydrogens is 469 g/mol. The molecule has 0 saturated carbocycles. The molecule has 0 aliphatic carbocycles. The molecule has 4 aromatic rings. The van der Waals surface area contributed by atoms with Crippen LogP contribution in [0.4, 0.5) is 4.39 Å². The van der Waals surface area contributed by atoms with E-state index in [0.717, 1.165) is 26.9 Å². The summed E-state index contributed by atoms with van der Waals surface area (Å²) >= 11 is 8.87. The Balaban J connectivity index is 1.53. The van der Waals surface area contributed by atoms with E-state index in [1.165, 1.54) is 12.1 Å². The number of aromatic nitrogens is 4. The largest absolute Gasteiger partial charge is 0.489 e. The summed E-state index contributed by atoms with van der Waals surface area (Å²) in [6.45, 7) is 0.784. The van der Waals surface area contributed by atoms with Gasteiger partial charge in [0.15, 0.2) is 5.82 Å². The summed E-state index contributed by atoms with van der Waals surface area (Å²) in [6, 6.07) is 15.8. The molecule has 0 bridgehead atoms. The van der Waals surface area contributed by atoms with Crippen LogP contribution in [0.2, 0.25) is 0 Å². The van der Waals surface area contributed by atoms with Crippen molar-refractivity contribution in [3.05, 3.63) is 93.2 Å². The monoisotopic (exact) mass is 485 g/mol. The van der Waals surface area contributed by atoms with Crippen LogP contribution >= 0.6 is 28.1 Å². The van der Waals surface area contributed by atoms with Crippen molar-refractivity contribution in [2.75, 3.05) is 5.43 Å². The molecule has 2 N–H and O–H groups in total. The van der Waals surface area contributed by atoms with Gasteiger partial charge in [0.1, 0.15) is 18.2 Å². The molecule has 0 fully saturated rings. The summed E-state index contributed by atoms with van der Waals surface area (Å²) in [6.07, 6.45) is 3.40. The third kappa shape index (κ3) is 4.74. The highest BCUT2D eigenvalue weighted by Crippen LogP contribution is 2.25. The highest BCUT2D eigenvalue weighted by Gasteiger charge is 2.11. The van der Waals surface area contributed by atoms with Crippen LogP contribution in [0.3, 0.4) is 0 Å². The average Bonchev–Trinajstić information content (AvgIpc) is 3.13. The Morgan fingerprint density at radius 1 is 1.10 bits per heavy atom. The molecule has 0 radical (unpaired) electrons. The molecule has 0 aliphatic heterocycles. The van der Waals surface area contributed by atoms with Gasteiger partial charge in [-0.3, -0.25) is 4.98 Å². The molecule has 0 amide bonds. The minimum absolute atomic E-state index is 0.269. The van der Waals surface area contributed by atoms with Crippen LogP contribution in [0.25, 0.3) is 11.4 Å². The van der Waals surface area contributed by atoms with Gasteiger partial charge in [0, 0.05) is 28.0 Å². The highest BCUT2D eigenvalue weighted by atomic mass is 79.9. The maximum Gasteiger partial charge on any atom is 0.214 e. The molecule has 30 heavy (non-hydrogen) atoms. The van der Waals surface area contributed by atoms with Gasteiger partial charge >= 0.3 is 0 Å². The number of halogens is 2. The molecule has 152 valence electrons. The lowest BCUT2D eigenvalue weighted by Gasteiger charge is -2.15. The number of aromatic amines is 1. The Kier molecular flexibility index (Phi) is 6.20. The van der Waals surface area contributed by atoms with Crippen molar-refractivity contribution in [1.29, 1.82) is 0 Å². The third-order valence-corrected chi connectivity index (χ3v) is 5.14. The van der Waals surface area contributed by atoms with Crippen molar-refractivity contribution < 1.29 is 9.13 Å². The maximum atomic E-state index is 13.1. The third-order valence-electron chi connectivity index (χ3n) is 4.37. The van der Waals surface area contributed by atoms with Crippen LogP contribution < -0.4 is 10.2 Å². The molecule has 0 saturated heterocycles. The molecule has 2 aromatic heterocycles. The van der Waals surface area contributed by atoms with Gasteiger partial charge in [0.05, 0.1) is 6.54 Å². The lowest BCUT2D eigenvalue weighted by Crippen LogP contribution is -2.16. The number of ether oxygens (including phenoxy) is 1. The molecule has 2 aromatic carbocycles. The number of pyridine rings is 1. The number of H-pyrrole nitrogens is 1. The number of hydrogen-bond acceptors (Lipinski definition) is 5. The van der Waals surface area contributed by atoms with Crippen LogP contribution in [0.1, 0.15) is 11.1 Å². The van der Waals surface area contributed by atoms with Gasteiger partial charge in [-0.15, -0.1) is 0 Å². The van der Waals surface area contributed by atoms with E-state index in [4.69, 9.17) is 17.0 Å². The zero-order chi connectivity index (χ0) is 20.9. The SMILES string of the molecule is Fc1ccc(COc2ccc(Br)cc2CNn2c(-c3ccncc3)n[nH]c2=S)cc1. The molecular formula is C21H17BrFN5OS. The van der Waals surface area contributed by atoms with E-state index in [1.807, 2.05) is 30.3 Å². The van der Waals surface area contributed by atoms with E-state index in [9.17, 15) is 4.39 Å². The van der Waals surface area contributed by atoms with Crippen molar-refractivity contribution in [2.24, 2.45) is 0 Å². The number of rotatable bonds is 7. The Morgan fingerprint density at radius 2 is 1.87 bits per heavy atom. The fraction of sp³-hybridized carbons (Fsp3) is 0.0952. The molecule has 0 aliphatic rings. The van der Waals surface area contributed by atoms with E-state index in [-0.39, 0.29) is 5.82 Å². The summed E-state index contributed by atoms with van der Waals surface area (Å²) < 4.78 is 22.2. The van der Waals surface area contributed by atoms with Gasteiger partial charge in [-0.05, 0) is 60.2 Å². The van der Waals surface area contributed by atoms with E-state index < -0.39 is 0 Å². The second-order valence-corrected chi connectivity index (χ2v) is 7.73. The highest BCUT2D eigenvalue weighted by molar-refractivity contribution is 9.10. The van der Waals surface area contributed by atoms with Crippen LogP contribution in [0, 0.1) is 10.6 Å². The van der Waals surface area contributed by atoms with Crippen molar-refractivity contribution in [3.8, 4) is 17.1 Å². The standard InChI is InChI=1S/C21H17BrFN5OS/c22-17-3-6-19(29-13-14-1-4-18(23)5-2-14)16(11-17)12-25-28-20(26-27-21(28)30)15-7-9-24-10-8-15/h1-11,25H,12-13H2,(H,27,30). The number of nitrogens with one attached hydrogen (secondary N) is 2. The minimum atomic E-state index is -0.269. The Hall–Kier alpha value is -3.04. The Morgan fingerprint density at radius 3 is 2.63 bits per heavy atom. The normalized spacial score (nSPS) is 10.7. The van der Waals surface area contributed by atoms with E-state index >= 15 is 0 Å². The van der Waals surface area contributed by atoms with Crippen molar-refractivity contribution in [3.63, 3.8) is 0 Å². The van der Waals surface area contributed by atoms with Crippen LogP contribution in [-0.4, -0.2) is 19.9 Å². The molecule has 0 spiro atoms. The zero-order valence-electron chi connectivity index (χ0n) is 15.7. The molecule has 0 unspecified atom stereocenters. The predicted octanol–water partition coefficient (Wildman–Crippen LogP) is 5.23. The second kappa shape index (κ2) is 9.19. The summed E-state index contributed by atoms with van der Waals surface area (Å²) in [5.74, 6) is 1.11. The second-order valence-electron chi connectivity index (χ2n) is 6.43. The summed E-state index contributed by atoms with van der Waals surface area (Å²) in [4.78, 5) is 4.04. The van der Waals surface area contributed by atoms with Gasteiger partial charge in [-0.1, -0.05) is 28.1 Å². The molecule has 2 heterocycles. The van der Waals surface area contributed by atoms with Crippen LogP contribution in [0.5, 0.6) is 5.75 Å². The smallest absolute Gasteiger partial charge is 0.214 e. The first-order chi connectivity index (χ1) is 14.6. The fourth-order valence-electron chi connectivity index (χ4n) is 2.87. The summed E-state index contributed by atoms with van der Waals surface area (Å²) in [5, 5.41) is 7.12. The van der Waals surface area contributed by atoms with E-state index in [0.29, 0.717) is 23.7 Å². The first-order valence-corrected chi connectivity index (χ1v) is 10.3. The minimum Gasteiger partial charge on any atom is -0.489 e. The predicted molar refractivity (Wildman–Crippen MR) is 119 cm³/mol. The van der Waals surface area contributed by atoms with Crippen molar-refractivity contribution in [2.45, 2.75) is 13.2 Å². The molecule has 0 atom stereocenters. The molecule has 4 rings (SSSR count). The van der Waals surface area contributed by atoms with Crippen molar-refractivity contribution in [1.82, 2.24) is 19.9 Å². The lowest BCUT2D eigenvalue weighted by atomic mass is 10.2. The summed E-state index contributed by atoms with van der Waals surface area (Å²) in [5.41, 5.74) is 5.99. The van der Waals surface area contributed by atoms with Gasteiger partial charge in [-0.25, -0.2) is 14.2 Å². The number of benzene rings is 2. The fourth-order valence-corrected chi connectivity index (χ4v) is 3.48. The van der Waals surface area contributed by atoms with Crippen LogP contribution in [0.15, 0.2) is 71.5 Å². The quantitative estimate of drug-likeness (QED) is 0.351. The molecule has 6 nitrogen and oxygen atoms in total. The first-order valence-electron chi connectivity index (χ1n) is 9.07. The van der Waals surface area contributed by atoms with Gasteiger partial charge in [0.2, 0.25) is 4.77 Å². The Labute approximate surface area is 185 Å². The average molecular weight is 486 g/mol. The lowest BCUT2D eigenvalue weighted by molar-refractivity contribution is 0.303. The summed E-state index contributed by atoms with van der Waals surface area (Å²) in [7, 11) is 0. The topological polar surface area (TPSA) is 67.8 Å². The van der Waals surface area contributed by atoms with Gasteiger partial charge in [0.25, 0.3) is 0 Å².